The van der Waals surface area contributed by atoms with E-state index in [1.54, 1.807) is 6.07 Å². The van der Waals surface area contributed by atoms with Crippen LogP contribution >= 0.6 is 0 Å². The van der Waals surface area contributed by atoms with E-state index in [1.165, 1.54) is 6.92 Å². The van der Waals surface area contributed by atoms with Crippen LogP contribution in [0.25, 0.3) is 10.8 Å². The van der Waals surface area contributed by atoms with Gasteiger partial charge in [-0.25, -0.2) is 4.79 Å². The molecule has 33 heavy (non-hydrogen) atoms. The number of hydrogen-bond acceptors (Lipinski definition) is 9. The molecule has 1 fully saturated rings. The molecule has 3 rings (SSSR count). The van der Waals surface area contributed by atoms with Gasteiger partial charge < -0.3 is 40.3 Å². The summed E-state index contributed by atoms with van der Waals surface area (Å²) >= 11 is 0. The summed E-state index contributed by atoms with van der Waals surface area (Å²) in [7, 11) is 0. The lowest BCUT2D eigenvalue weighted by Crippen LogP contribution is -2.67. The van der Waals surface area contributed by atoms with Crippen LogP contribution in [0.2, 0.25) is 0 Å². The quantitative estimate of drug-likeness (QED) is 0.269. The van der Waals surface area contributed by atoms with Crippen molar-refractivity contribution in [2.75, 3.05) is 13.2 Å². The highest BCUT2D eigenvalue weighted by Crippen LogP contribution is 2.31. The number of rotatable bonds is 8. The van der Waals surface area contributed by atoms with Gasteiger partial charge in [0.1, 0.15) is 18.3 Å². The fourth-order valence-corrected chi connectivity index (χ4v) is 4.00. The van der Waals surface area contributed by atoms with Crippen LogP contribution in [0.5, 0.6) is 0 Å². The summed E-state index contributed by atoms with van der Waals surface area (Å²) in [6, 6.07) is 11.7. The van der Waals surface area contributed by atoms with Crippen LogP contribution in [0.1, 0.15) is 18.9 Å². The standard InChI is InChI=1S/C23H29NO9/c1-2-32-22(30)23(31)11-16(26)19(21(33-23)20(29)17(27)12-25)24-18(28)10-14-8-5-7-13-6-3-4-9-15(13)14/h3-9,16-17,19-21,25-27,29,31H,2,10-12H2,1H3,(H,24,28)/t16-,17+,19+,20+,21+,23+/m0/s1. The van der Waals surface area contributed by atoms with Gasteiger partial charge in [0.05, 0.1) is 31.8 Å². The first-order chi connectivity index (χ1) is 15.7. The van der Waals surface area contributed by atoms with E-state index in [2.05, 4.69) is 5.32 Å². The number of nitrogens with one attached hydrogen (secondary N) is 1. The Bertz CT molecular complexity index is 978. The first kappa shape index (κ1) is 25.0. The van der Waals surface area contributed by atoms with Crippen molar-refractivity contribution in [2.45, 2.75) is 56.0 Å². The maximum atomic E-state index is 12.8. The predicted molar refractivity (Wildman–Crippen MR) is 116 cm³/mol. The molecule has 1 amide bonds. The highest BCUT2D eigenvalue weighted by molar-refractivity contribution is 5.90. The molecule has 0 saturated carbocycles. The molecular formula is C23H29NO9. The average molecular weight is 463 g/mol. The second-order valence-electron chi connectivity index (χ2n) is 8.01. The molecule has 2 aromatic rings. The molecule has 0 unspecified atom stereocenters. The topological polar surface area (TPSA) is 166 Å². The summed E-state index contributed by atoms with van der Waals surface area (Å²) in [6.45, 7) is 0.586. The minimum absolute atomic E-state index is 0.0575. The molecule has 10 heteroatoms. The van der Waals surface area contributed by atoms with Gasteiger partial charge in [-0.3, -0.25) is 4.79 Å². The number of esters is 1. The molecule has 10 nitrogen and oxygen atoms in total. The zero-order chi connectivity index (χ0) is 24.2. The Labute approximate surface area is 190 Å². The number of fused-ring (bicyclic) bond motifs is 1. The SMILES string of the molecule is CCOC(=O)[C@@]1(O)C[C@H](O)[C@@H](NC(=O)Cc2cccc3ccccc23)[C@H]([C@H](O)[C@H](O)CO)O1. The van der Waals surface area contributed by atoms with Crippen molar-refractivity contribution >= 4 is 22.6 Å². The second kappa shape index (κ2) is 10.6. The van der Waals surface area contributed by atoms with E-state index in [-0.39, 0.29) is 13.0 Å². The number of carbonyl (C=O) groups is 2. The van der Waals surface area contributed by atoms with Crippen molar-refractivity contribution in [3.8, 4) is 0 Å². The van der Waals surface area contributed by atoms with Crippen LogP contribution in [0.4, 0.5) is 0 Å². The molecule has 0 radical (unpaired) electrons. The smallest absolute Gasteiger partial charge is 0.366 e. The van der Waals surface area contributed by atoms with Crippen LogP contribution in [-0.2, 0) is 25.5 Å². The largest absolute Gasteiger partial charge is 0.462 e. The molecule has 1 saturated heterocycles. The van der Waals surface area contributed by atoms with E-state index < -0.39 is 61.1 Å². The first-order valence-corrected chi connectivity index (χ1v) is 10.7. The lowest BCUT2D eigenvalue weighted by molar-refractivity contribution is -0.297. The zero-order valence-electron chi connectivity index (χ0n) is 18.1. The fourth-order valence-electron chi connectivity index (χ4n) is 4.00. The van der Waals surface area contributed by atoms with E-state index in [9.17, 15) is 35.1 Å². The van der Waals surface area contributed by atoms with E-state index in [0.717, 1.165) is 16.3 Å². The first-order valence-electron chi connectivity index (χ1n) is 10.7. The van der Waals surface area contributed by atoms with Crippen molar-refractivity contribution in [1.82, 2.24) is 5.32 Å². The molecule has 6 N–H and O–H groups in total. The third kappa shape index (κ3) is 5.49. The van der Waals surface area contributed by atoms with Gasteiger partial charge in [0.25, 0.3) is 5.79 Å². The monoisotopic (exact) mass is 463 g/mol. The Morgan fingerprint density at radius 2 is 1.91 bits per heavy atom. The van der Waals surface area contributed by atoms with Gasteiger partial charge in [0.15, 0.2) is 0 Å². The van der Waals surface area contributed by atoms with Gasteiger partial charge in [0, 0.05) is 6.42 Å². The number of ether oxygens (including phenoxy) is 2. The average Bonchev–Trinajstić information content (AvgIpc) is 2.80. The van der Waals surface area contributed by atoms with Crippen molar-refractivity contribution in [2.24, 2.45) is 0 Å². The number of aliphatic hydroxyl groups is 5. The van der Waals surface area contributed by atoms with Gasteiger partial charge in [-0.2, -0.15) is 0 Å². The fraction of sp³-hybridized carbons (Fsp3) is 0.478. The highest BCUT2D eigenvalue weighted by Gasteiger charge is 2.54. The molecule has 0 aromatic heterocycles. The summed E-state index contributed by atoms with van der Waals surface area (Å²) in [5.74, 6) is -4.30. The molecule has 0 spiro atoms. The van der Waals surface area contributed by atoms with E-state index in [0.29, 0.717) is 0 Å². The Morgan fingerprint density at radius 3 is 2.61 bits per heavy atom. The van der Waals surface area contributed by atoms with Gasteiger partial charge in [-0.1, -0.05) is 42.5 Å². The molecular weight excluding hydrogens is 434 g/mol. The van der Waals surface area contributed by atoms with Crippen molar-refractivity contribution in [3.63, 3.8) is 0 Å². The van der Waals surface area contributed by atoms with Crippen molar-refractivity contribution in [3.05, 3.63) is 48.0 Å². The van der Waals surface area contributed by atoms with Crippen LogP contribution in [0.15, 0.2) is 42.5 Å². The van der Waals surface area contributed by atoms with Crippen molar-refractivity contribution in [1.29, 1.82) is 0 Å². The molecule has 6 atom stereocenters. The summed E-state index contributed by atoms with van der Waals surface area (Å²) in [6.07, 6.45) is -7.41. The number of amides is 1. The summed E-state index contributed by atoms with van der Waals surface area (Å²) in [5.41, 5.74) is 0.729. The van der Waals surface area contributed by atoms with E-state index in [4.69, 9.17) is 9.47 Å². The molecule has 1 aliphatic heterocycles. The third-order valence-corrected chi connectivity index (χ3v) is 5.66. The Balaban J connectivity index is 1.82. The minimum atomic E-state index is -2.60. The number of aliphatic hydroxyl groups excluding tert-OH is 4. The minimum Gasteiger partial charge on any atom is -0.462 e. The number of carbonyl (C=O) groups excluding carboxylic acids is 2. The molecule has 1 aliphatic rings. The Morgan fingerprint density at radius 1 is 1.21 bits per heavy atom. The molecule has 2 aromatic carbocycles. The maximum Gasteiger partial charge on any atom is 0.366 e. The number of benzene rings is 2. The summed E-state index contributed by atoms with van der Waals surface area (Å²) in [4.78, 5) is 25.0. The number of hydrogen-bond donors (Lipinski definition) is 6. The Hall–Kier alpha value is -2.60. The normalized spacial score (nSPS) is 27.0. The third-order valence-electron chi connectivity index (χ3n) is 5.66. The molecule has 0 aliphatic carbocycles. The van der Waals surface area contributed by atoms with Gasteiger partial charge in [0.2, 0.25) is 5.91 Å². The molecule has 1 heterocycles. The Kier molecular flexibility index (Phi) is 8.01. The van der Waals surface area contributed by atoms with Gasteiger partial charge in [-0.05, 0) is 23.3 Å². The predicted octanol–water partition coefficient (Wildman–Crippen LogP) is -1.02. The second-order valence-corrected chi connectivity index (χ2v) is 8.01. The van der Waals surface area contributed by atoms with Crippen LogP contribution < -0.4 is 5.32 Å². The lowest BCUT2D eigenvalue weighted by atomic mass is 9.88. The van der Waals surface area contributed by atoms with Crippen LogP contribution in [0.3, 0.4) is 0 Å². The summed E-state index contributed by atoms with van der Waals surface area (Å²) in [5, 5.41) is 55.2. The van der Waals surface area contributed by atoms with Gasteiger partial charge >= 0.3 is 5.97 Å². The van der Waals surface area contributed by atoms with E-state index >= 15 is 0 Å². The highest BCUT2D eigenvalue weighted by atomic mass is 16.7. The molecule has 180 valence electrons. The van der Waals surface area contributed by atoms with Crippen LogP contribution in [0, 0.1) is 0 Å². The van der Waals surface area contributed by atoms with Gasteiger partial charge in [-0.15, -0.1) is 0 Å². The zero-order valence-corrected chi connectivity index (χ0v) is 18.1. The maximum absolute atomic E-state index is 12.8. The lowest BCUT2D eigenvalue weighted by Gasteiger charge is -2.45. The van der Waals surface area contributed by atoms with Crippen LogP contribution in [-0.4, -0.2) is 86.9 Å². The van der Waals surface area contributed by atoms with E-state index in [1.807, 2.05) is 36.4 Å². The summed E-state index contributed by atoms with van der Waals surface area (Å²) < 4.78 is 10.1. The van der Waals surface area contributed by atoms with Crippen molar-refractivity contribution < 1.29 is 44.6 Å². The molecule has 0 bridgehead atoms.